The molecular weight excluding hydrogens is 153 g/mol. The Bertz CT molecular complexity index is 170. The maximum atomic E-state index is 3.26. The molecule has 11 heavy (non-hydrogen) atoms. The van der Waals surface area contributed by atoms with Gasteiger partial charge in [-0.3, -0.25) is 0 Å². The van der Waals surface area contributed by atoms with Crippen molar-refractivity contribution in [1.82, 2.24) is 4.98 Å². The maximum absolute atomic E-state index is 3.26. The standard InChI is InChI=1S/C9H16NP/c1-2-3-4-5-6-9-10-7-8-11-9/h7-8,10H,2-6H2,1H3. The lowest BCUT2D eigenvalue weighted by molar-refractivity contribution is 0.665. The van der Waals surface area contributed by atoms with Gasteiger partial charge in [0.05, 0.1) is 0 Å². The molecule has 62 valence electrons. The molecule has 0 aliphatic carbocycles. The Kier molecular flexibility index (Phi) is 4.30. The first-order valence-electron chi connectivity index (χ1n) is 4.41. The molecule has 0 radical (unpaired) electrons. The second-order valence-corrected chi connectivity index (χ2v) is 3.94. The number of nitrogens with one attached hydrogen (secondary N) is 1. The fourth-order valence-electron chi connectivity index (χ4n) is 1.15. The van der Waals surface area contributed by atoms with Crippen LogP contribution in [0.5, 0.6) is 0 Å². The van der Waals surface area contributed by atoms with Crippen molar-refractivity contribution in [2.45, 2.75) is 39.0 Å². The van der Waals surface area contributed by atoms with Crippen LogP contribution in [0.1, 0.15) is 38.0 Å². The molecule has 1 rings (SSSR count). The second kappa shape index (κ2) is 5.37. The van der Waals surface area contributed by atoms with Gasteiger partial charge in [-0.1, -0.05) is 34.4 Å². The first-order chi connectivity index (χ1) is 5.43. The lowest BCUT2D eigenvalue weighted by Crippen LogP contribution is -1.82. The third-order valence-corrected chi connectivity index (χ3v) is 2.78. The van der Waals surface area contributed by atoms with E-state index < -0.39 is 0 Å². The minimum atomic E-state index is 1.26. The van der Waals surface area contributed by atoms with Gasteiger partial charge in [-0.15, -0.1) is 0 Å². The van der Waals surface area contributed by atoms with Crippen LogP contribution in [0.2, 0.25) is 0 Å². The Balaban J connectivity index is 2.04. The van der Waals surface area contributed by atoms with Crippen molar-refractivity contribution in [3.05, 3.63) is 17.4 Å². The zero-order chi connectivity index (χ0) is 7.94. The van der Waals surface area contributed by atoms with Crippen LogP contribution in [0.4, 0.5) is 0 Å². The molecule has 1 nitrogen and oxygen atoms in total. The molecule has 0 bridgehead atoms. The summed E-state index contributed by atoms with van der Waals surface area (Å²) in [5, 5.41) is 0. The molecule has 1 heterocycles. The lowest BCUT2D eigenvalue weighted by atomic mass is 10.2. The molecule has 1 N–H and O–H groups in total. The Morgan fingerprint density at radius 1 is 1.36 bits per heavy atom. The van der Waals surface area contributed by atoms with E-state index in [1.165, 1.54) is 45.7 Å². The number of aromatic nitrogens is 1. The van der Waals surface area contributed by atoms with Crippen LogP contribution in [0.3, 0.4) is 0 Å². The molecule has 1 aromatic rings. The molecule has 0 unspecified atom stereocenters. The predicted molar refractivity (Wildman–Crippen MR) is 51.2 cm³/mol. The van der Waals surface area contributed by atoms with Gasteiger partial charge in [0.25, 0.3) is 0 Å². The van der Waals surface area contributed by atoms with Crippen molar-refractivity contribution in [2.75, 3.05) is 0 Å². The summed E-state index contributed by atoms with van der Waals surface area (Å²) in [7, 11) is 1.38. The summed E-state index contributed by atoms with van der Waals surface area (Å²) in [6.07, 6.45) is 8.75. The highest BCUT2D eigenvalue weighted by Gasteiger charge is 1.92. The Morgan fingerprint density at radius 3 is 2.91 bits per heavy atom. The molecule has 0 saturated heterocycles. The normalized spacial score (nSPS) is 11.0. The lowest BCUT2D eigenvalue weighted by Gasteiger charge is -1.96. The fraction of sp³-hybridized carbons (Fsp3) is 0.667. The third-order valence-electron chi connectivity index (χ3n) is 1.82. The van der Waals surface area contributed by atoms with Gasteiger partial charge in [0.1, 0.15) is 0 Å². The SMILES string of the molecule is CCCCCCc1[nH]ccp1. The van der Waals surface area contributed by atoms with Crippen molar-refractivity contribution in [3.63, 3.8) is 0 Å². The molecule has 0 fully saturated rings. The van der Waals surface area contributed by atoms with Crippen LogP contribution in [0, 0.1) is 0 Å². The van der Waals surface area contributed by atoms with Crippen molar-refractivity contribution in [3.8, 4) is 0 Å². The van der Waals surface area contributed by atoms with Gasteiger partial charge in [0, 0.05) is 11.6 Å². The van der Waals surface area contributed by atoms with Gasteiger partial charge < -0.3 is 4.98 Å². The average molecular weight is 169 g/mol. The van der Waals surface area contributed by atoms with Gasteiger partial charge in [-0.2, -0.15) is 0 Å². The molecule has 0 saturated carbocycles. The van der Waals surface area contributed by atoms with Crippen molar-refractivity contribution < 1.29 is 0 Å². The number of aryl methyl sites for hydroxylation is 1. The van der Waals surface area contributed by atoms with Gasteiger partial charge in [0.15, 0.2) is 0 Å². The molecule has 0 spiro atoms. The van der Waals surface area contributed by atoms with E-state index in [1.807, 2.05) is 6.20 Å². The van der Waals surface area contributed by atoms with E-state index in [9.17, 15) is 0 Å². The summed E-state index contributed by atoms with van der Waals surface area (Å²) in [6, 6.07) is 0. The molecule has 0 atom stereocenters. The molecule has 0 aliphatic heterocycles. The van der Waals surface area contributed by atoms with Gasteiger partial charge in [0.2, 0.25) is 0 Å². The van der Waals surface area contributed by atoms with Gasteiger partial charge in [-0.05, 0) is 18.6 Å². The van der Waals surface area contributed by atoms with Gasteiger partial charge in [-0.25, -0.2) is 0 Å². The summed E-state index contributed by atoms with van der Waals surface area (Å²) in [6.45, 7) is 2.25. The Morgan fingerprint density at radius 2 is 2.27 bits per heavy atom. The highest BCUT2D eigenvalue weighted by Crippen LogP contribution is 2.14. The van der Waals surface area contributed by atoms with Crippen molar-refractivity contribution in [2.24, 2.45) is 0 Å². The summed E-state index contributed by atoms with van der Waals surface area (Å²) >= 11 is 0. The van der Waals surface area contributed by atoms with Crippen molar-refractivity contribution >= 4 is 8.19 Å². The number of aromatic amines is 1. The third kappa shape index (κ3) is 3.57. The van der Waals surface area contributed by atoms with E-state index in [1.54, 1.807) is 0 Å². The fourth-order valence-corrected chi connectivity index (χ4v) is 1.92. The van der Waals surface area contributed by atoms with Crippen LogP contribution < -0.4 is 0 Å². The van der Waals surface area contributed by atoms with E-state index in [2.05, 4.69) is 17.7 Å². The number of rotatable bonds is 5. The maximum Gasteiger partial charge on any atom is 0.0424 e. The van der Waals surface area contributed by atoms with E-state index in [0.29, 0.717) is 0 Å². The highest BCUT2D eigenvalue weighted by molar-refractivity contribution is 7.29. The first kappa shape index (κ1) is 8.80. The Hall–Kier alpha value is -0.290. The van der Waals surface area contributed by atoms with E-state index in [0.717, 1.165) is 0 Å². The number of unbranched alkanes of at least 4 members (excludes halogenated alkanes) is 3. The van der Waals surface area contributed by atoms with E-state index >= 15 is 0 Å². The molecule has 0 aromatic carbocycles. The topological polar surface area (TPSA) is 15.8 Å². The zero-order valence-corrected chi connectivity index (χ0v) is 8.03. The number of hydrogen-bond acceptors (Lipinski definition) is 0. The Labute approximate surface area is 70.3 Å². The summed E-state index contributed by atoms with van der Waals surface area (Å²) in [5.74, 6) is 2.16. The predicted octanol–water partition coefficient (Wildman–Crippen LogP) is 3.72. The van der Waals surface area contributed by atoms with Crippen molar-refractivity contribution in [1.29, 1.82) is 0 Å². The molecule has 0 amide bonds. The monoisotopic (exact) mass is 169 g/mol. The summed E-state index contributed by atoms with van der Waals surface area (Å²) in [5.41, 5.74) is 1.47. The smallest absolute Gasteiger partial charge is 0.0424 e. The largest absolute Gasteiger partial charge is 0.361 e. The molecule has 0 aliphatic rings. The number of hydrogen-bond donors (Lipinski definition) is 1. The average Bonchev–Trinajstić information content (AvgIpc) is 2.50. The molecule has 2 heteroatoms. The van der Waals surface area contributed by atoms with Crippen LogP contribution in [0.15, 0.2) is 12.0 Å². The number of H-pyrrole nitrogens is 1. The first-order valence-corrected chi connectivity index (χ1v) is 5.38. The van der Waals surface area contributed by atoms with Crippen LogP contribution in [0.25, 0.3) is 0 Å². The summed E-state index contributed by atoms with van der Waals surface area (Å²) < 4.78 is 0. The molecular formula is C9H16NP. The zero-order valence-electron chi connectivity index (χ0n) is 7.14. The minimum absolute atomic E-state index is 1.26. The minimum Gasteiger partial charge on any atom is -0.361 e. The van der Waals surface area contributed by atoms with E-state index in [-0.39, 0.29) is 0 Å². The molecule has 1 aromatic heterocycles. The second-order valence-electron chi connectivity index (χ2n) is 2.85. The van der Waals surface area contributed by atoms with E-state index in [4.69, 9.17) is 0 Å². The quantitative estimate of drug-likeness (QED) is 0.646. The van der Waals surface area contributed by atoms with Crippen LogP contribution >= 0.6 is 8.19 Å². The van der Waals surface area contributed by atoms with Crippen LogP contribution in [-0.2, 0) is 6.42 Å². The summed E-state index contributed by atoms with van der Waals surface area (Å²) in [4.78, 5) is 3.26. The van der Waals surface area contributed by atoms with Gasteiger partial charge >= 0.3 is 0 Å². The highest BCUT2D eigenvalue weighted by atomic mass is 31.0. The van der Waals surface area contributed by atoms with Crippen LogP contribution in [-0.4, -0.2) is 4.98 Å².